The van der Waals surface area contributed by atoms with Crippen LogP contribution in [0.4, 0.5) is 9.18 Å². The number of urea groups is 1. The lowest BCUT2D eigenvalue weighted by molar-refractivity contribution is 0.204. The van der Waals surface area contributed by atoms with Crippen LogP contribution in [-0.4, -0.2) is 39.8 Å². The first kappa shape index (κ1) is 23.3. The van der Waals surface area contributed by atoms with Crippen LogP contribution < -0.4 is 10.1 Å². The zero-order valence-corrected chi connectivity index (χ0v) is 19.3. The number of aromatic hydroxyl groups is 1. The molecule has 3 aromatic rings. The van der Waals surface area contributed by atoms with E-state index in [-0.39, 0.29) is 23.5 Å². The van der Waals surface area contributed by atoms with Gasteiger partial charge in [0.15, 0.2) is 11.5 Å². The van der Waals surface area contributed by atoms with Gasteiger partial charge in [-0.3, -0.25) is 4.90 Å². The number of aromatic nitrogens is 2. The predicted octanol–water partition coefficient (Wildman–Crippen LogP) is 5.28. The van der Waals surface area contributed by atoms with Gasteiger partial charge in [-0.05, 0) is 55.3 Å². The fraction of sp³-hybridized carbons (Fsp3) is 0.320. The fourth-order valence-electron chi connectivity index (χ4n) is 4.03. The average molecular weight is 467 g/mol. The first-order valence-electron chi connectivity index (χ1n) is 11.2. The summed E-state index contributed by atoms with van der Waals surface area (Å²) in [6, 6.07) is 9.87. The third kappa shape index (κ3) is 4.59. The highest BCUT2D eigenvalue weighted by Crippen LogP contribution is 2.39. The third-order valence-corrected chi connectivity index (χ3v) is 5.88. The van der Waals surface area contributed by atoms with Gasteiger partial charge in [0.1, 0.15) is 5.82 Å². The van der Waals surface area contributed by atoms with E-state index in [1.807, 2.05) is 6.92 Å². The molecule has 2 aromatic carbocycles. The SMILES string of the molecule is CCCCCN1C(=O)NC(c2ccc(OC)c(O)c2)C(c2nc(-c3ccc(F)cc3)no2)=C1C. The molecule has 0 aliphatic carbocycles. The standard InChI is InChI=1S/C25H27FN4O4/c1-4-5-6-13-30-15(2)21(24-28-23(29-34-24)16-7-10-18(26)11-8-16)22(27-25(30)32)17-9-12-20(33-3)19(31)14-17/h7-12,14,22,31H,4-6,13H2,1-3H3,(H,27,32). The van der Waals surface area contributed by atoms with Crippen molar-refractivity contribution in [3.63, 3.8) is 0 Å². The van der Waals surface area contributed by atoms with Gasteiger partial charge in [0, 0.05) is 17.8 Å². The van der Waals surface area contributed by atoms with Crippen molar-refractivity contribution in [3.05, 3.63) is 65.4 Å². The van der Waals surface area contributed by atoms with Gasteiger partial charge in [0.2, 0.25) is 5.82 Å². The molecule has 2 amide bonds. The third-order valence-electron chi connectivity index (χ3n) is 5.88. The van der Waals surface area contributed by atoms with Crippen LogP contribution in [0.25, 0.3) is 17.0 Å². The van der Waals surface area contributed by atoms with Crippen molar-refractivity contribution in [1.29, 1.82) is 0 Å². The lowest BCUT2D eigenvalue weighted by Crippen LogP contribution is -2.46. The second-order valence-electron chi connectivity index (χ2n) is 8.10. The second-order valence-corrected chi connectivity index (χ2v) is 8.10. The average Bonchev–Trinajstić information content (AvgIpc) is 3.31. The summed E-state index contributed by atoms with van der Waals surface area (Å²) in [6.45, 7) is 4.50. The molecule has 1 aromatic heterocycles. The van der Waals surface area contributed by atoms with E-state index in [2.05, 4.69) is 22.4 Å². The summed E-state index contributed by atoms with van der Waals surface area (Å²) in [4.78, 5) is 19.2. The Hall–Kier alpha value is -3.88. The molecule has 1 aliphatic heterocycles. The van der Waals surface area contributed by atoms with E-state index >= 15 is 0 Å². The number of rotatable bonds is 8. The molecule has 2 N–H and O–H groups in total. The highest BCUT2D eigenvalue weighted by atomic mass is 19.1. The van der Waals surface area contributed by atoms with Crippen molar-refractivity contribution in [1.82, 2.24) is 20.4 Å². The summed E-state index contributed by atoms with van der Waals surface area (Å²) in [5.74, 6) is 0.460. The minimum absolute atomic E-state index is 0.0471. The number of ether oxygens (including phenoxy) is 1. The number of allylic oxidation sites excluding steroid dienone is 1. The lowest BCUT2D eigenvalue weighted by Gasteiger charge is -2.35. The Morgan fingerprint density at radius 2 is 1.97 bits per heavy atom. The fourth-order valence-corrected chi connectivity index (χ4v) is 4.03. The molecule has 0 saturated heterocycles. The molecular formula is C25H27FN4O4. The Morgan fingerprint density at radius 3 is 2.65 bits per heavy atom. The predicted molar refractivity (Wildman–Crippen MR) is 124 cm³/mol. The highest BCUT2D eigenvalue weighted by Gasteiger charge is 2.35. The maximum Gasteiger partial charge on any atom is 0.322 e. The molecule has 0 saturated carbocycles. The second kappa shape index (κ2) is 9.94. The minimum atomic E-state index is -0.631. The Balaban J connectivity index is 1.78. The number of nitrogens with zero attached hydrogens (tertiary/aromatic N) is 3. The monoisotopic (exact) mass is 466 g/mol. The van der Waals surface area contributed by atoms with Crippen LogP contribution in [0.15, 0.2) is 52.7 Å². The van der Waals surface area contributed by atoms with Gasteiger partial charge in [-0.15, -0.1) is 0 Å². The number of halogens is 1. The molecule has 0 radical (unpaired) electrons. The summed E-state index contributed by atoms with van der Waals surface area (Å²) in [7, 11) is 1.47. The van der Waals surface area contributed by atoms with Gasteiger partial charge in [-0.25, -0.2) is 9.18 Å². The molecule has 0 fully saturated rings. The number of methoxy groups -OCH3 is 1. The molecule has 178 valence electrons. The number of unbranched alkanes of at least 4 members (excludes halogenated alkanes) is 2. The molecule has 8 nitrogen and oxygen atoms in total. The topological polar surface area (TPSA) is 101 Å². The van der Waals surface area contributed by atoms with E-state index in [0.29, 0.717) is 40.5 Å². The molecule has 1 unspecified atom stereocenters. The van der Waals surface area contributed by atoms with Crippen LogP contribution >= 0.6 is 0 Å². The van der Waals surface area contributed by atoms with Crippen LogP contribution in [0.5, 0.6) is 11.5 Å². The minimum Gasteiger partial charge on any atom is -0.504 e. The number of phenolic OH excluding ortho intramolecular Hbond substituents is 1. The van der Waals surface area contributed by atoms with Crippen molar-refractivity contribution in [2.24, 2.45) is 0 Å². The summed E-state index contributed by atoms with van der Waals surface area (Å²) in [6.07, 6.45) is 2.88. The molecule has 1 atom stereocenters. The van der Waals surface area contributed by atoms with Crippen molar-refractivity contribution in [3.8, 4) is 22.9 Å². The number of hydrogen-bond donors (Lipinski definition) is 2. The van der Waals surface area contributed by atoms with Crippen molar-refractivity contribution in [2.75, 3.05) is 13.7 Å². The van der Waals surface area contributed by atoms with E-state index in [9.17, 15) is 14.3 Å². The van der Waals surface area contributed by atoms with Crippen molar-refractivity contribution in [2.45, 2.75) is 39.2 Å². The largest absolute Gasteiger partial charge is 0.504 e. The van der Waals surface area contributed by atoms with Crippen LogP contribution in [0.2, 0.25) is 0 Å². The lowest BCUT2D eigenvalue weighted by atomic mass is 9.94. The molecule has 0 spiro atoms. The zero-order chi connectivity index (χ0) is 24.2. The van der Waals surface area contributed by atoms with Gasteiger partial charge >= 0.3 is 6.03 Å². The van der Waals surface area contributed by atoms with Gasteiger partial charge < -0.3 is 19.7 Å². The van der Waals surface area contributed by atoms with E-state index < -0.39 is 6.04 Å². The van der Waals surface area contributed by atoms with Gasteiger partial charge in [-0.1, -0.05) is 31.0 Å². The number of carbonyl (C=O) groups excluding carboxylic acids is 1. The van der Waals surface area contributed by atoms with Crippen LogP contribution in [0, 0.1) is 5.82 Å². The number of hydrogen-bond acceptors (Lipinski definition) is 6. The number of carbonyl (C=O) groups is 1. The maximum absolute atomic E-state index is 13.3. The van der Waals surface area contributed by atoms with Gasteiger partial charge in [0.25, 0.3) is 5.89 Å². The molecule has 1 aliphatic rings. The first-order chi connectivity index (χ1) is 16.4. The summed E-state index contributed by atoms with van der Waals surface area (Å²) < 4.78 is 24.1. The van der Waals surface area contributed by atoms with E-state index in [1.54, 1.807) is 35.2 Å². The maximum atomic E-state index is 13.3. The quantitative estimate of drug-likeness (QED) is 0.438. The molecule has 34 heavy (non-hydrogen) atoms. The smallest absolute Gasteiger partial charge is 0.322 e. The molecule has 2 heterocycles. The van der Waals surface area contributed by atoms with Gasteiger partial charge in [-0.2, -0.15) is 4.98 Å². The summed E-state index contributed by atoms with van der Waals surface area (Å²) >= 11 is 0. The van der Waals surface area contributed by atoms with Crippen LogP contribution in [-0.2, 0) is 0 Å². The van der Waals surface area contributed by atoms with Crippen molar-refractivity contribution >= 4 is 11.6 Å². The number of nitrogens with one attached hydrogen (secondary N) is 1. The van der Waals surface area contributed by atoms with Crippen molar-refractivity contribution < 1.29 is 23.6 Å². The zero-order valence-electron chi connectivity index (χ0n) is 19.3. The molecule has 4 rings (SSSR count). The summed E-state index contributed by atoms with van der Waals surface area (Å²) in [5.41, 5.74) is 2.56. The van der Waals surface area contributed by atoms with Crippen LogP contribution in [0.1, 0.15) is 50.6 Å². The highest BCUT2D eigenvalue weighted by molar-refractivity contribution is 5.87. The Bertz CT molecular complexity index is 1210. The van der Waals surface area contributed by atoms with Crippen LogP contribution in [0.3, 0.4) is 0 Å². The van der Waals surface area contributed by atoms with Gasteiger partial charge in [0.05, 0.1) is 18.7 Å². The van der Waals surface area contributed by atoms with E-state index in [1.165, 1.54) is 19.2 Å². The molecular weight excluding hydrogens is 439 g/mol. The van der Waals surface area contributed by atoms with E-state index in [4.69, 9.17) is 9.26 Å². The molecule has 0 bridgehead atoms. The Kier molecular flexibility index (Phi) is 6.81. The normalized spacial score (nSPS) is 16.1. The number of amides is 2. The first-order valence-corrected chi connectivity index (χ1v) is 11.2. The molecule has 9 heteroatoms. The Labute approximate surface area is 197 Å². The number of benzene rings is 2. The Morgan fingerprint density at radius 1 is 1.21 bits per heavy atom. The summed E-state index contributed by atoms with van der Waals surface area (Å²) in [5, 5.41) is 17.4. The van der Waals surface area contributed by atoms with E-state index in [0.717, 1.165) is 19.3 Å². The number of phenols is 1.